The van der Waals surface area contributed by atoms with Gasteiger partial charge in [0.15, 0.2) is 0 Å². The van der Waals surface area contributed by atoms with Crippen LogP contribution >= 0.6 is 0 Å². The summed E-state index contributed by atoms with van der Waals surface area (Å²) >= 11 is 0. The zero-order chi connectivity index (χ0) is 25.3. The Balaban J connectivity index is 1.16. The van der Waals surface area contributed by atoms with Crippen LogP contribution in [0.1, 0.15) is 78.2 Å². The molecule has 3 aliphatic carbocycles. The van der Waals surface area contributed by atoms with E-state index in [1.54, 1.807) is 0 Å². The second-order valence-corrected chi connectivity index (χ2v) is 13.3. The van der Waals surface area contributed by atoms with Crippen LogP contribution in [0.2, 0.25) is 0 Å². The third-order valence-corrected chi connectivity index (χ3v) is 10.9. The Bertz CT molecular complexity index is 1080. The van der Waals surface area contributed by atoms with Crippen LogP contribution in [-0.4, -0.2) is 60.2 Å². The lowest BCUT2D eigenvalue weighted by atomic mass is 9.69. The van der Waals surface area contributed by atoms with Crippen LogP contribution in [0.25, 0.3) is 0 Å². The molecule has 2 saturated heterocycles. The topological polar surface area (TPSA) is 42.0 Å². The van der Waals surface area contributed by atoms with Crippen LogP contribution in [0.4, 0.5) is 14.5 Å². The molecule has 5 nitrogen and oxygen atoms in total. The molecular weight excluding hydrogens is 461 g/mol. The summed E-state index contributed by atoms with van der Waals surface area (Å²) in [5, 5.41) is 0. The van der Waals surface area contributed by atoms with Crippen molar-refractivity contribution in [1.29, 1.82) is 0 Å². The number of halogens is 2. The number of carbonyl (C=O) groups excluding carboxylic acids is 1. The van der Waals surface area contributed by atoms with Crippen molar-refractivity contribution in [1.82, 2.24) is 4.90 Å². The molecule has 194 valence electrons. The van der Waals surface area contributed by atoms with Crippen molar-refractivity contribution in [3.05, 3.63) is 23.8 Å². The maximum Gasteiger partial charge on any atom is 0.494 e. The number of hydrogen-bond donors (Lipinski definition) is 0. The molecule has 3 saturated carbocycles. The third kappa shape index (κ3) is 3.07. The Morgan fingerprint density at radius 2 is 1.53 bits per heavy atom. The van der Waals surface area contributed by atoms with Crippen LogP contribution < -0.4 is 10.4 Å². The van der Waals surface area contributed by atoms with E-state index in [-0.39, 0.29) is 11.9 Å². The van der Waals surface area contributed by atoms with Gasteiger partial charge >= 0.3 is 7.12 Å². The van der Waals surface area contributed by atoms with Gasteiger partial charge < -0.3 is 14.2 Å². The largest absolute Gasteiger partial charge is 0.494 e. The number of amides is 1. The highest BCUT2D eigenvalue weighted by atomic mass is 19.3. The summed E-state index contributed by atoms with van der Waals surface area (Å²) in [6.07, 6.45) is 6.90. The highest BCUT2D eigenvalue weighted by molar-refractivity contribution is 6.62. The summed E-state index contributed by atoms with van der Waals surface area (Å²) in [5.41, 5.74) is 1.88. The molecule has 2 unspecified atom stereocenters. The maximum atomic E-state index is 14.1. The number of piperidine rings is 1. The third-order valence-electron chi connectivity index (χ3n) is 10.9. The molecule has 5 fully saturated rings. The van der Waals surface area contributed by atoms with Gasteiger partial charge in [0.05, 0.1) is 16.6 Å². The molecule has 8 heteroatoms. The van der Waals surface area contributed by atoms with Gasteiger partial charge in [0.1, 0.15) is 0 Å². The molecule has 1 aromatic carbocycles. The first-order valence-corrected chi connectivity index (χ1v) is 13.9. The highest BCUT2D eigenvalue weighted by Crippen LogP contribution is 2.60. The molecule has 3 aliphatic heterocycles. The van der Waals surface area contributed by atoms with Crippen molar-refractivity contribution in [3.63, 3.8) is 0 Å². The predicted molar refractivity (Wildman–Crippen MR) is 135 cm³/mol. The smallest absolute Gasteiger partial charge is 0.399 e. The molecule has 3 heterocycles. The van der Waals surface area contributed by atoms with Crippen molar-refractivity contribution in [2.45, 2.75) is 107 Å². The molecule has 0 N–H and O–H groups in total. The molecular formula is C28H37BF2N2O3. The second-order valence-electron chi connectivity index (χ2n) is 13.3. The quantitative estimate of drug-likeness (QED) is 0.585. The number of rotatable bonds is 3. The van der Waals surface area contributed by atoms with Gasteiger partial charge in [-0.05, 0) is 70.5 Å². The number of hydrogen-bond acceptors (Lipinski definition) is 4. The lowest BCUT2D eigenvalue weighted by Crippen LogP contribution is -2.57. The summed E-state index contributed by atoms with van der Waals surface area (Å²) in [4.78, 5) is 18.5. The number of alkyl halides is 2. The van der Waals surface area contributed by atoms with Gasteiger partial charge in [0.25, 0.3) is 5.92 Å². The van der Waals surface area contributed by atoms with Crippen molar-refractivity contribution < 1.29 is 22.9 Å². The van der Waals surface area contributed by atoms with Crippen LogP contribution in [-0.2, 0) is 19.5 Å². The van der Waals surface area contributed by atoms with E-state index in [2.05, 4.69) is 55.7 Å². The Morgan fingerprint density at radius 1 is 0.917 bits per heavy atom. The number of carbonyl (C=O) groups is 1. The van der Waals surface area contributed by atoms with Crippen molar-refractivity contribution in [2.75, 3.05) is 18.0 Å². The molecule has 36 heavy (non-hydrogen) atoms. The van der Waals surface area contributed by atoms with Gasteiger partial charge in [-0.2, -0.15) is 0 Å². The Morgan fingerprint density at radius 3 is 2.14 bits per heavy atom. The summed E-state index contributed by atoms with van der Waals surface area (Å²) in [5.74, 6) is -3.08. The lowest BCUT2D eigenvalue weighted by molar-refractivity contribution is -0.125. The standard InChI is InChI=1S/C28H37BF2N2O3/c1-25(2)26(3,4)36-29(35-25)17-8-9-20-23(12-17)33(24(34)27(20)10-6-5-7-11-27)19-13-18(14-19)32-15-21-22(16-32)28(21,30)31/h8-9,12,18-19,21-22H,5-7,10-11,13-16H2,1-4H3. The number of nitrogens with zero attached hydrogens (tertiary/aromatic N) is 2. The van der Waals surface area contributed by atoms with Gasteiger partial charge in [0.2, 0.25) is 5.91 Å². The van der Waals surface area contributed by atoms with Gasteiger partial charge in [-0.15, -0.1) is 0 Å². The summed E-state index contributed by atoms with van der Waals surface area (Å²) in [6.45, 7) is 9.24. The Labute approximate surface area is 213 Å². The molecule has 0 bridgehead atoms. The predicted octanol–water partition coefficient (Wildman–Crippen LogP) is 4.26. The first kappa shape index (κ1) is 23.6. The SMILES string of the molecule is CC1(C)OB(c2ccc3c(c2)N(C2CC(N4CC5C(C4)C5(F)F)C2)C(=O)C32CCCCC2)OC1(C)C. The fraction of sp³-hybridized carbons (Fsp3) is 0.750. The van der Waals surface area contributed by atoms with E-state index >= 15 is 0 Å². The van der Waals surface area contributed by atoms with Gasteiger partial charge in [0, 0.05) is 42.7 Å². The van der Waals surface area contributed by atoms with E-state index in [1.165, 1.54) is 6.42 Å². The van der Waals surface area contributed by atoms with E-state index in [4.69, 9.17) is 9.31 Å². The summed E-state index contributed by atoms with van der Waals surface area (Å²) < 4.78 is 40.1. The second kappa shape index (κ2) is 7.32. The van der Waals surface area contributed by atoms with Crippen molar-refractivity contribution in [2.24, 2.45) is 11.8 Å². The molecule has 0 radical (unpaired) electrons. The minimum Gasteiger partial charge on any atom is -0.399 e. The van der Waals surface area contributed by atoms with Crippen molar-refractivity contribution in [3.8, 4) is 0 Å². The van der Waals surface area contributed by atoms with Gasteiger partial charge in [-0.1, -0.05) is 31.4 Å². The van der Waals surface area contributed by atoms with Gasteiger partial charge in [-0.25, -0.2) is 8.78 Å². The van der Waals surface area contributed by atoms with Gasteiger partial charge in [-0.3, -0.25) is 9.69 Å². The monoisotopic (exact) mass is 498 g/mol. The normalized spacial score (nSPS) is 37.2. The average molecular weight is 498 g/mol. The first-order chi connectivity index (χ1) is 16.9. The van der Waals surface area contributed by atoms with E-state index in [0.29, 0.717) is 19.1 Å². The molecule has 1 amide bonds. The van der Waals surface area contributed by atoms with Crippen LogP contribution in [0.5, 0.6) is 0 Å². The fourth-order valence-corrected chi connectivity index (χ4v) is 7.64. The van der Waals surface area contributed by atoms with E-state index in [1.807, 2.05) is 0 Å². The van der Waals surface area contributed by atoms with E-state index in [0.717, 1.165) is 55.2 Å². The number of likely N-dealkylation sites (tertiary alicyclic amines) is 1. The van der Waals surface area contributed by atoms with E-state index < -0.39 is 41.5 Å². The number of fused-ring (bicyclic) bond motifs is 3. The Kier molecular flexibility index (Phi) is 4.80. The van der Waals surface area contributed by atoms with Crippen LogP contribution in [0, 0.1) is 11.8 Å². The zero-order valence-corrected chi connectivity index (χ0v) is 21.9. The fourth-order valence-electron chi connectivity index (χ4n) is 7.64. The van der Waals surface area contributed by atoms with Crippen LogP contribution in [0.15, 0.2) is 18.2 Å². The lowest BCUT2D eigenvalue weighted by Gasteiger charge is -2.46. The molecule has 6 aliphatic rings. The molecule has 1 spiro atoms. The molecule has 2 atom stereocenters. The molecule has 1 aromatic rings. The highest BCUT2D eigenvalue weighted by Gasteiger charge is 2.72. The minimum atomic E-state index is -2.44. The molecule has 0 aromatic heterocycles. The maximum absolute atomic E-state index is 14.1. The van der Waals surface area contributed by atoms with Crippen LogP contribution in [0.3, 0.4) is 0 Å². The molecule has 7 rings (SSSR count). The summed E-state index contributed by atoms with van der Waals surface area (Å²) in [6, 6.07) is 6.83. The van der Waals surface area contributed by atoms with Crippen molar-refractivity contribution >= 4 is 24.2 Å². The Hall–Kier alpha value is -1.51. The number of benzene rings is 1. The number of anilines is 1. The minimum absolute atomic E-state index is 0.133. The average Bonchev–Trinajstić information content (AvgIpc) is 3.13. The zero-order valence-electron chi connectivity index (χ0n) is 21.9. The first-order valence-electron chi connectivity index (χ1n) is 13.9. The summed E-state index contributed by atoms with van der Waals surface area (Å²) in [7, 11) is -0.465. The van der Waals surface area contributed by atoms with E-state index in [9.17, 15) is 13.6 Å².